The van der Waals surface area contributed by atoms with E-state index in [9.17, 15) is 0 Å². The van der Waals surface area contributed by atoms with E-state index in [1.807, 2.05) is 12.1 Å². The van der Waals surface area contributed by atoms with E-state index in [-0.39, 0.29) is 11.5 Å². The van der Waals surface area contributed by atoms with Crippen molar-refractivity contribution < 1.29 is 4.74 Å². The first-order valence-corrected chi connectivity index (χ1v) is 5.90. The van der Waals surface area contributed by atoms with Crippen LogP contribution in [0.25, 0.3) is 0 Å². The molecule has 1 atom stereocenters. The number of hydrogen-bond acceptors (Lipinski definition) is 4. The van der Waals surface area contributed by atoms with E-state index < -0.39 is 0 Å². The van der Waals surface area contributed by atoms with Crippen LogP contribution in [0.5, 0.6) is 5.75 Å². The minimum atomic E-state index is 0.138. The summed E-state index contributed by atoms with van der Waals surface area (Å²) in [4.78, 5) is 4.23. The van der Waals surface area contributed by atoms with Gasteiger partial charge in [-0.3, -0.25) is 0 Å². The molecule has 0 aromatic carbocycles. The van der Waals surface area contributed by atoms with Gasteiger partial charge in [0.05, 0.1) is 13.3 Å². The average Bonchev–Trinajstić information content (AvgIpc) is 2.25. The molecular weight excluding hydrogens is 214 g/mol. The summed E-state index contributed by atoms with van der Waals surface area (Å²) in [5.74, 6) is 1.59. The first-order chi connectivity index (χ1) is 7.90. The molecule has 0 spiro atoms. The van der Waals surface area contributed by atoms with Crippen LogP contribution in [0.15, 0.2) is 18.3 Å². The fourth-order valence-corrected chi connectivity index (χ4v) is 1.70. The predicted molar refractivity (Wildman–Crippen MR) is 71.3 cm³/mol. The molecule has 0 aliphatic heterocycles. The van der Waals surface area contributed by atoms with Gasteiger partial charge in [0.15, 0.2) is 0 Å². The molecule has 1 heterocycles. The number of hydrogen-bond donors (Lipinski definition) is 2. The van der Waals surface area contributed by atoms with Crippen molar-refractivity contribution in [1.29, 1.82) is 0 Å². The molecule has 4 heteroatoms. The van der Waals surface area contributed by atoms with Gasteiger partial charge < -0.3 is 15.8 Å². The van der Waals surface area contributed by atoms with Gasteiger partial charge in [-0.05, 0) is 24.0 Å². The van der Waals surface area contributed by atoms with Crippen LogP contribution in [-0.2, 0) is 0 Å². The molecule has 0 saturated carbocycles. The fraction of sp³-hybridized carbons (Fsp3) is 0.615. The van der Waals surface area contributed by atoms with E-state index in [0.717, 1.165) is 24.5 Å². The molecule has 0 bridgehead atoms. The van der Waals surface area contributed by atoms with Gasteiger partial charge in [0, 0.05) is 12.6 Å². The molecule has 0 radical (unpaired) electrons. The highest BCUT2D eigenvalue weighted by Crippen LogP contribution is 2.20. The lowest BCUT2D eigenvalue weighted by atomic mass is 9.88. The molecule has 17 heavy (non-hydrogen) atoms. The molecule has 0 saturated heterocycles. The van der Waals surface area contributed by atoms with Crippen molar-refractivity contribution in [3.63, 3.8) is 0 Å². The minimum absolute atomic E-state index is 0.138. The Hall–Kier alpha value is -1.29. The fourth-order valence-electron chi connectivity index (χ4n) is 1.70. The molecule has 3 N–H and O–H groups in total. The summed E-state index contributed by atoms with van der Waals surface area (Å²) in [6, 6.07) is 3.91. The Bertz CT molecular complexity index is 330. The van der Waals surface area contributed by atoms with Crippen LogP contribution < -0.4 is 15.8 Å². The van der Waals surface area contributed by atoms with Gasteiger partial charge in [0.2, 0.25) is 0 Å². The maximum absolute atomic E-state index is 6.05. The van der Waals surface area contributed by atoms with E-state index >= 15 is 0 Å². The van der Waals surface area contributed by atoms with Gasteiger partial charge in [-0.1, -0.05) is 20.8 Å². The van der Waals surface area contributed by atoms with Crippen LogP contribution in [-0.4, -0.2) is 24.7 Å². The summed E-state index contributed by atoms with van der Waals surface area (Å²) in [5.41, 5.74) is 6.31. The normalized spacial score (nSPS) is 13.2. The number of nitrogens with one attached hydrogen (secondary N) is 1. The van der Waals surface area contributed by atoms with Gasteiger partial charge in [-0.2, -0.15) is 0 Å². The first kappa shape index (κ1) is 13.8. The van der Waals surface area contributed by atoms with Crippen LogP contribution >= 0.6 is 0 Å². The third-order valence-electron chi connectivity index (χ3n) is 2.39. The van der Waals surface area contributed by atoms with Crippen molar-refractivity contribution >= 4 is 5.82 Å². The Labute approximate surface area is 104 Å². The smallest absolute Gasteiger partial charge is 0.137 e. The van der Waals surface area contributed by atoms with Crippen molar-refractivity contribution in [2.24, 2.45) is 11.1 Å². The Morgan fingerprint density at radius 2 is 2.12 bits per heavy atom. The molecule has 4 nitrogen and oxygen atoms in total. The molecule has 1 rings (SSSR count). The monoisotopic (exact) mass is 237 g/mol. The number of rotatable bonds is 5. The minimum Gasteiger partial charge on any atom is -0.495 e. The maximum atomic E-state index is 6.05. The number of aromatic nitrogens is 1. The molecule has 0 aliphatic rings. The van der Waals surface area contributed by atoms with Crippen LogP contribution in [0.4, 0.5) is 5.82 Å². The van der Waals surface area contributed by atoms with Gasteiger partial charge in [-0.25, -0.2) is 4.98 Å². The lowest BCUT2D eigenvalue weighted by Crippen LogP contribution is -2.33. The number of pyridine rings is 1. The molecule has 1 aromatic rings. The van der Waals surface area contributed by atoms with Crippen molar-refractivity contribution in [2.75, 3.05) is 19.0 Å². The Morgan fingerprint density at radius 1 is 1.41 bits per heavy atom. The summed E-state index contributed by atoms with van der Waals surface area (Å²) in [5, 5.41) is 3.23. The Balaban J connectivity index is 2.39. The summed E-state index contributed by atoms with van der Waals surface area (Å²) in [6.45, 7) is 7.31. The van der Waals surface area contributed by atoms with Crippen molar-refractivity contribution in [2.45, 2.75) is 33.2 Å². The van der Waals surface area contributed by atoms with Crippen LogP contribution in [0.1, 0.15) is 27.2 Å². The largest absolute Gasteiger partial charge is 0.495 e. The summed E-state index contributed by atoms with van der Waals surface area (Å²) in [6.07, 6.45) is 2.67. The molecule has 96 valence electrons. The number of nitrogens with two attached hydrogens (primary N) is 1. The molecular formula is C13H23N3O. The van der Waals surface area contributed by atoms with Crippen molar-refractivity contribution in [3.05, 3.63) is 18.3 Å². The van der Waals surface area contributed by atoms with Crippen LogP contribution in [0.3, 0.4) is 0 Å². The topological polar surface area (TPSA) is 60.2 Å². The third-order valence-corrected chi connectivity index (χ3v) is 2.39. The Morgan fingerprint density at radius 3 is 2.59 bits per heavy atom. The second-order valence-corrected chi connectivity index (χ2v) is 5.49. The Kier molecular flexibility index (Phi) is 4.75. The first-order valence-electron chi connectivity index (χ1n) is 5.90. The van der Waals surface area contributed by atoms with Gasteiger partial charge >= 0.3 is 0 Å². The van der Waals surface area contributed by atoms with Crippen LogP contribution in [0, 0.1) is 5.41 Å². The number of nitrogens with zero attached hydrogens (tertiary/aromatic N) is 1. The van der Waals surface area contributed by atoms with E-state index in [1.54, 1.807) is 13.3 Å². The predicted octanol–water partition coefficient (Wildman–Crippen LogP) is 2.27. The molecule has 1 unspecified atom stereocenters. The zero-order valence-corrected chi connectivity index (χ0v) is 11.2. The summed E-state index contributed by atoms with van der Waals surface area (Å²) < 4.78 is 5.05. The molecule has 0 aliphatic carbocycles. The lowest BCUT2D eigenvalue weighted by Gasteiger charge is -2.23. The molecule has 0 fully saturated rings. The zero-order chi connectivity index (χ0) is 12.9. The highest BCUT2D eigenvalue weighted by molar-refractivity contribution is 5.37. The molecule has 0 amide bonds. The maximum Gasteiger partial charge on any atom is 0.137 e. The van der Waals surface area contributed by atoms with Crippen LogP contribution in [0.2, 0.25) is 0 Å². The van der Waals surface area contributed by atoms with E-state index in [4.69, 9.17) is 10.5 Å². The van der Waals surface area contributed by atoms with Gasteiger partial charge in [-0.15, -0.1) is 0 Å². The van der Waals surface area contributed by atoms with Crippen molar-refractivity contribution in [3.8, 4) is 5.75 Å². The zero-order valence-electron chi connectivity index (χ0n) is 11.2. The summed E-state index contributed by atoms with van der Waals surface area (Å²) in [7, 11) is 1.63. The lowest BCUT2D eigenvalue weighted by molar-refractivity contribution is 0.344. The summed E-state index contributed by atoms with van der Waals surface area (Å²) >= 11 is 0. The second kappa shape index (κ2) is 5.87. The van der Waals surface area contributed by atoms with E-state index in [0.29, 0.717) is 0 Å². The van der Waals surface area contributed by atoms with Gasteiger partial charge in [0.25, 0.3) is 0 Å². The van der Waals surface area contributed by atoms with Crippen molar-refractivity contribution in [1.82, 2.24) is 4.98 Å². The molecule has 1 aromatic heterocycles. The quantitative estimate of drug-likeness (QED) is 0.824. The van der Waals surface area contributed by atoms with Gasteiger partial charge in [0.1, 0.15) is 11.6 Å². The highest BCUT2D eigenvalue weighted by atomic mass is 16.5. The van der Waals surface area contributed by atoms with E-state index in [1.165, 1.54) is 0 Å². The SMILES string of the molecule is COc1ccc(NCC(N)CC(C)(C)C)nc1. The third kappa shape index (κ3) is 5.54. The number of anilines is 1. The number of ether oxygens (including phenoxy) is 1. The number of methoxy groups -OCH3 is 1. The average molecular weight is 237 g/mol. The highest BCUT2D eigenvalue weighted by Gasteiger charge is 2.15. The second-order valence-electron chi connectivity index (χ2n) is 5.49. The standard InChI is InChI=1S/C13H23N3O/c1-13(2,3)7-10(14)8-15-12-6-5-11(17-4)9-16-12/h5-6,9-10H,7-8,14H2,1-4H3,(H,15,16). The van der Waals surface area contributed by atoms with E-state index in [2.05, 4.69) is 31.1 Å².